The van der Waals surface area contributed by atoms with Crippen molar-refractivity contribution in [2.75, 3.05) is 7.05 Å². The predicted molar refractivity (Wildman–Crippen MR) is 80.0 cm³/mol. The van der Waals surface area contributed by atoms with Gasteiger partial charge in [0.1, 0.15) is 10.7 Å². The van der Waals surface area contributed by atoms with Crippen LogP contribution in [0.15, 0.2) is 29.3 Å². The van der Waals surface area contributed by atoms with E-state index in [9.17, 15) is 12.8 Å². The summed E-state index contributed by atoms with van der Waals surface area (Å²) in [6.45, 7) is 2.41. The standard InChI is InChI=1S/C13H16FN3O2S2/c1-9-16-7-11(20-9)8-17-21(18,19)13-5-10(6-15-2)3-4-12(13)14/h3-5,7,15,17H,6,8H2,1-2H3. The maximum atomic E-state index is 13.8. The third-order valence-corrected chi connectivity index (χ3v) is 5.10. The second-order valence-corrected chi connectivity index (χ2v) is 7.52. The minimum Gasteiger partial charge on any atom is -0.316 e. The summed E-state index contributed by atoms with van der Waals surface area (Å²) in [4.78, 5) is 4.49. The third-order valence-electron chi connectivity index (χ3n) is 2.77. The molecule has 0 atom stereocenters. The van der Waals surface area contributed by atoms with Gasteiger partial charge in [0.05, 0.1) is 5.01 Å². The first kappa shape index (κ1) is 16.0. The number of nitrogens with zero attached hydrogens (tertiary/aromatic N) is 1. The number of halogens is 1. The SMILES string of the molecule is CNCc1ccc(F)c(S(=O)(=O)NCc2cnc(C)s2)c1. The molecule has 0 bridgehead atoms. The molecule has 0 fully saturated rings. The first-order chi connectivity index (χ1) is 9.92. The molecule has 21 heavy (non-hydrogen) atoms. The van der Waals surface area contributed by atoms with Crippen molar-refractivity contribution in [3.8, 4) is 0 Å². The lowest BCUT2D eigenvalue weighted by atomic mass is 10.2. The van der Waals surface area contributed by atoms with E-state index >= 15 is 0 Å². The van der Waals surface area contributed by atoms with Crippen molar-refractivity contribution in [2.45, 2.75) is 24.9 Å². The highest BCUT2D eigenvalue weighted by Crippen LogP contribution is 2.18. The highest BCUT2D eigenvalue weighted by atomic mass is 32.2. The van der Waals surface area contributed by atoms with Gasteiger partial charge in [-0.25, -0.2) is 22.5 Å². The van der Waals surface area contributed by atoms with Crippen LogP contribution in [-0.4, -0.2) is 20.4 Å². The topological polar surface area (TPSA) is 71.1 Å². The minimum absolute atomic E-state index is 0.101. The molecule has 1 heterocycles. The van der Waals surface area contributed by atoms with Crippen LogP contribution < -0.4 is 10.0 Å². The number of aryl methyl sites for hydroxylation is 1. The zero-order valence-electron chi connectivity index (χ0n) is 11.7. The Kier molecular flexibility index (Phi) is 5.04. The number of thiazole rings is 1. The Morgan fingerprint density at radius 2 is 2.10 bits per heavy atom. The van der Waals surface area contributed by atoms with E-state index in [0.29, 0.717) is 12.1 Å². The lowest BCUT2D eigenvalue weighted by Crippen LogP contribution is -2.24. The molecule has 5 nitrogen and oxygen atoms in total. The first-order valence-corrected chi connectivity index (χ1v) is 8.56. The molecule has 114 valence electrons. The van der Waals surface area contributed by atoms with Crippen molar-refractivity contribution in [2.24, 2.45) is 0 Å². The predicted octanol–water partition coefficient (Wildman–Crippen LogP) is 1.79. The van der Waals surface area contributed by atoms with Gasteiger partial charge in [-0.15, -0.1) is 11.3 Å². The Hall–Kier alpha value is -1.35. The van der Waals surface area contributed by atoms with Gasteiger partial charge in [0.25, 0.3) is 0 Å². The van der Waals surface area contributed by atoms with Gasteiger partial charge in [0, 0.05) is 24.2 Å². The van der Waals surface area contributed by atoms with Gasteiger partial charge >= 0.3 is 0 Å². The number of sulfonamides is 1. The van der Waals surface area contributed by atoms with E-state index in [4.69, 9.17) is 0 Å². The van der Waals surface area contributed by atoms with Crippen molar-refractivity contribution in [3.05, 3.63) is 45.7 Å². The van der Waals surface area contributed by atoms with Gasteiger partial charge in [-0.2, -0.15) is 0 Å². The molecule has 0 saturated carbocycles. The molecule has 0 aliphatic heterocycles. The molecule has 0 amide bonds. The van der Waals surface area contributed by atoms with E-state index in [0.717, 1.165) is 16.0 Å². The normalized spacial score (nSPS) is 11.8. The van der Waals surface area contributed by atoms with Gasteiger partial charge < -0.3 is 5.32 Å². The van der Waals surface area contributed by atoms with E-state index in [-0.39, 0.29) is 11.4 Å². The van der Waals surface area contributed by atoms with Gasteiger partial charge in [-0.1, -0.05) is 6.07 Å². The number of aromatic nitrogens is 1. The van der Waals surface area contributed by atoms with E-state index in [2.05, 4.69) is 15.0 Å². The quantitative estimate of drug-likeness (QED) is 0.847. The fourth-order valence-corrected chi connectivity index (χ4v) is 3.76. The molecule has 0 unspecified atom stereocenters. The van der Waals surface area contributed by atoms with E-state index < -0.39 is 15.8 Å². The van der Waals surface area contributed by atoms with Crippen LogP contribution in [-0.2, 0) is 23.1 Å². The van der Waals surface area contributed by atoms with Crippen LogP contribution in [0.4, 0.5) is 4.39 Å². The van der Waals surface area contributed by atoms with Crippen molar-refractivity contribution in [1.29, 1.82) is 0 Å². The first-order valence-electron chi connectivity index (χ1n) is 6.26. The van der Waals surface area contributed by atoms with Crippen molar-refractivity contribution >= 4 is 21.4 Å². The van der Waals surface area contributed by atoms with Crippen LogP contribution in [0.5, 0.6) is 0 Å². The molecule has 0 radical (unpaired) electrons. The van der Waals surface area contributed by atoms with Crippen LogP contribution in [0.25, 0.3) is 0 Å². The number of hydrogen-bond donors (Lipinski definition) is 2. The highest BCUT2D eigenvalue weighted by Gasteiger charge is 2.19. The van der Waals surface area contributed by atoms with Gasteiger partial charge in [0.15, 0.2) is 0 Å². The molecule has 1 aromatic heterocycles. The Morgan fingerprint density at radius 1 is 1.33 bits per heavy atom. The zero-order chi connectivity index (χ0) is 15.5. The molecule has 0 aliphatic carbocycles. The summed E-state index contributed by atoms with van der Waals surface area (Å²) in [6, 6.07) is 4.06. The summed E-state index contributed by atoms with van der Waals surface area (Å²) in [5, 5.41) is 3.75. The van der Waals surface area contributed by atoms with Crippen molar-refractivity contribution in [1.82, 2.24) is 15.0 Å². The fourth-order valence-electron chi connectivity index (χ4n) is 1.80. The Bertz CT molecular complexity index is 729. The van der Waals surface area contributed by atoms with Crippen LogP contribution in [0.3, 0.4) is 0 Å². The van der Waals surface area contributed by atoms with Crippen LogP contribution in [0.2, 0.25) is 0 Å². The number of benzene rings is 1. The van der Waals surface area contributed by atoms with E-state index in [1.807, 2.05) is 6.92 Å². The van der Waals surface area contributed by atoms with Crippen molar-refractivity contribution < 1.29 is 12.8 Å². The number of nitrogens with one attached hydrogen (secondary N) is 2. The highest BCUT2D eigenvalue weighted by molar-refractivity contribution is 7.89. The molecule has 2 rings (SSSR count). The molecule has 0 saturated heterocycles. The largest absolute Gasteiger partial charge is 0.316 e. The Labute approximate surface area is 127 Å². The minimum atomic E-state index is -3.89. The fraction of sp³-hybridized carbons (Fsp3) is 0.308. The number of hydrogen-bond acceptors (Lipinski definition) is 5. The number of rotatable bonds is 6. The maximum absolute atomic E-state index is 13.8. The molecule has 1 aromatic carbocycles. The monoisotopic (exact) mass is 329 g/mol. The Morgan fingerprint density at radius 3 is 2.71 bits per heavy atom. The molecule has 0 aliphatic rings. The third kappa shape index (κ3) is 4.07. The zero-order valence-corrected chi connectivity index (χ0v) is 13.3. The summed E-state index contributed by atoms with van der Waals surface area (Å²) in [5.74, 6) is -0.761. The van der Waals surface area contributed by atoms with E-state index in [1.165, 1.54) is 17.4 Å². The molecular formula is C13H16FN3O2S2. The maximum Gasteiger partial charge on any atom is 0.243 e. The lowest BCUT2D eigenvalue weighted by Gasteiger charge is -2.09. The van der Waals surface area contributed by atoms with Crippen molar-refractivity contribution in [3.63, 3.8) is 0 Å². The molecular weight excluding hydrogens is 313 g/mol. The second-order valence-electron chi connectivity index (χ2n) is 4.47. The van der Waals surface area contributed by atoms with Gasteiger partial charge in [-0.05, 0) is 31.7 Å². The molecule has 2 N–H and O–H groups in total. The van der Waals surface area contributed by atoms with Crippen LogP contribution >= 0.6 is 11.3 Å². The smallest absolute Gasteiger partial charge is 0.243 e. The summed E-state index contributed by atoms with van der Waals surface area (Å²) >= 11 is 1.40. The van der Waals surface area contributed by atoms with Gasteiger partial charge in [-0.3, -0.25) is 0 Å². The van der Waals surface area contributed by atoms with Gasteiger partial charge in [0.2, 0.25) is 10.0 Å². The van der Waals surface area contributed by atoms with Crippen LogP contribution in [0.1, 0.15) is 15.4 Å². The summed E-state index contributed by atoms with van der Waals surface area (Å²) in [5.41, 5.74) is 0.702. The van der Waals surface area contributed by atoms with Crippen LogP contribution in [0, 0.1) is 12.7 Å². The average molecular weight is 329 g/mol. The molecule has 2 aromatic rings. The lowest BCUT2D eigenvalue weighted by molar-refractivity contribution is 0.556. The summed E-state index contributed by atoms with van der Waals surface area (Å²) < 4.78 is 40.6. The van der Waals surface area contributed by atoms with E-state index in [1.54, 1.807) is 19.3 Å². The summed E-state index contributed by atoms with van der Waals surface area (Å²) in [7, 11) is -2.16. The Balaban J connectivity index is 2.20. The average Bonchev–Trinajstić information content (AvgIpc) is 2.85. The second kappa shape index (κ2) is 6.61. The molecule has 0 spiro atoms. The molecule has 8 heteroatoms. The summed E-state index contributed by atoms with van der Waals surface area (Å²) in [6.07, 6.45) is 1.61.